The maximum atomic E-state index is 13.3. The molecule has 0 spiro atoms. The first-order chi connectivity index (χ1) is 8.59. The summed E-state index contributed by atoms with van der Waals surface area (Å²) in [5, 5.41) is 2.85. The Hall–Kier alpha value is -0.940. The van der Waals surface area contributed by atoms with Crippen LogP contribution >= 0.6 is 15.9 Å². The Morgan fingerprint density at radius 3 is 3.06 bits per heavy atom. The highest BCUT2D eigenvalue weighted by Crippen LogP contribution is 2.21. The van der Waals surface area contributed by atoms with Crippen molar-refractivity contribution in [2.45, 2.75) is 31.9 Å². The third-order valence-corrected chi connectivity index (χ3v) is 3.88. The Morgan fingerprint density at radius 1 is 1.61 bits per heavy atom. The predicted octanol–water partition coefficient (Wildman–Crippen LogP) is 2.89. The number of amides is 1. The summed E-state index contributed by atoms with van der Waals surface area (Å²) in [5.74, 6) is -0.725. The van der Waals surface area contributed by atoms with E-state index in [1.165, 1.54) is 12.1 Å². The van der Waals surface area contributed by atoms with E-state index in [1.807, 2.05) is 6.92 Å². The van der Waals surface area contributed by atoms with E-state index in [-0.39, 0.29) is 22.5 Å². The van der Waals surface area contributed by atoms with Gasteiger partial charge in [0, 0.05) is 6.61 Å². The van der Waals surface area contributed by atoms with Crippen molar-refractivity contribution in [3.8, 4) is 0 Å². The molecule has 2 rings (SSSR count). The number of ether oxygens (including phenoxy) is 1. The number of hydrogen-bond acceptors (Lipinski definition) is 2. The fourth-order valence-electron chi connectivity index (χ4n) is 2.05. The van der Waals surface area contributed by atoms with Crippen LogP contribution in [0.15, 0.2) is 22.7 Å². The Bertz CT molecular complexity index is 447. The van der Waals surface area contributed by atoms with Gasteiger partial charge in [0.15, 0.2) is 0 Å². The van der Waals surface area contributed by atoms with Crippen molar-refractivity contribution in [2.24, 2.45) is 0 Å². The Morgan fingerprint density at radius 2 is 2.39 bits per heavy atom. The van der Waals surface area contributed by atoms with Gasteiger partial charge in [0.25, 0.3) is 5.91 Å². The Kier molecular flexibility index (Phi) is 4.35. The van der Waals surface area contributed by atoms with E-state index in [0.29, 0.717) is 5.56 Å². The van der Waals surface area contributed by atoms with Crippen molar-refractivity contribution < 1.29 is 13.9 Å². The van der Waals surface area contributed by atoms with Gasteiger partial charge in [-0.25, -0.2) is 4.39 Å². The molecule has 2 atom stereocenters. The minimum Gasteiger partial charge on any atom is -0.376 e. The van der Waals surface area contributed by atoms with E-state index in [0.717, 1.165) is 19.4 Å². The molecule has 1 aromatic rings. The van der Waals surface area contributed by atoms with Gasteiger partial charge >= 0.3 is 0 Å². The number of rotatable bonds is 3. The first-order valence-corrected chi connectivity index (χ1v) is 6.75. The monoisotopic (exact) mass is 315 g/mol. The number of carbonyl (C=O) groups is 1. The number of hydrogen-bond donors (Lipinski definition) is 1. The molecule has 1 N–H and O–H groups in total. The normalized spacial score (nSPS) is 20.7. The van der Waals surface area contributed by atoms with Crippen LogP contribution in [0.4, 0.5) is 4.39 Å². The van der Waals surface area contributed by atoms with Crippen LogP contribution in [0, 0.1) is 5.82 Å². The molecule has 1 amide bonds. The summed E-state index contributed by atoms with van der Waals surface area (Å²) in [6.45, 7) is 2.65. The van der Waals surface area contributed by atoms with Gasteiger partial charge in [-0.15, -0.1) is 0 Å². The SMILES string of the molecule is CC(NC(=O)c1cccc(F)c1Br)C1CCCO1. The van der Waals surface area contributed by atoms with Crippen LogP contribution in [0.5, 0.6) is 0 Å². The Balaban J connectivity index is 2.05. The molecule has 98 valence electrons. The van der Waals surface area contributed by atoms with E-state index in [1.54, 1.807) is 6.07 Å². The number of benzene rings is 1. The molecule has 1 fully saturated rings. The molecule has 1 aromatic carbocycles. The quantitative estimate of drug-likeness (QED) is 0.931. The fourth-order valence-corrected chi connectivity index (χ4v) is 2.50. The van der Waals surface area contributed by atoms with Crippen LogP contribution in [0.3, 0.4) is 0 Å². The highest BCUT2D eigenvalue weighted by Gasteiger charge is 2.24. The molecule has 1 aliphatic heterocycles. The average Bonchev–Trinajstić information content (AvgIpc) is 2.86. The summed E-state index contributed by atoms with van der Waals surface area (Å²) in [6.07, 6.45) is 2.03. The second kappa shape index (κ2) is 5.80. The predicted molar refractivity (Wildman–Crippen MR) is 70.0 cm³/mol. The standard InChI is InChI=1S/C13H15BrFNO2/c1-8(11-6-3-7-18-11)16-13(17)9-4-2-5-10(15)12(9)14/h2,4-5,8,11H,3,6-7H2,1H3,(H,16,17). The molecular formula is C13H15BrFNO2. The molecule has 5 heteroatoms. The molecule has 1 saturated heterocycles. The molecule has 0 radical (unpaired) electrons. The maximum Gasteiger partial charge on any atom is 0.252 e. The van der Waals surface area contributed by atoms with E-state index >= 15 is 0 Å². The summed E-state index contributed by atoms with van der Waals surface area (Å²) < 4.78 is 19.0. The summed E-state index contributed by atoms with van der Waals surface area (Å²) in [4.78, 5) is 12.0. The summed E-state index contributed by atoms with van der Waals surface area (Å²) in [7, 11) is 0. The van der Waals surface area contributed by atoms with Gasteiger partial charge in [-0.05, 0) is 47.8 Å². The van der Waals surface area contributed by atoms with Crippen molar-refractivity contribution in [1.82, 2.24) is 5.32 Å². The van der Waals surface area contributed by atoms with E-state index in [9.17, 15) is 9.18 Å². The zero-order valence-electron chi connectivity index (χ0n) is 10.1. The highest BCUT2D eigenvalue weighted by atomic mass is 79.9. The molecular weight excluding hydrogens is 301 g/mol. The summed E-state index contributed by atoms with van der Waals surface area (Å²) in [5.41, 5.74) is 0.305. The zero-order chi connectivity index (χ0) is 13.1. The van der Waals surface area contributed by atoms with Crippen LogP contribution in [-0.2, 0) is 4.74 Å². The van der Waals surface area contributed by atoms with Gasteiger partial charge in [0.1, 0.15) is 5.82 Å². The van der Waals surface area contributed by atoms with Crippen LogP contribution in [0.2, 0.25) is 0 Å². The van der Waals surface area contributed by atoms with Crippen LogP contribution < -0.4 is 5.32 Å². The van der Waals surface area contributed by atoms with E-state index < -0.39 is 5.82 Å². The average molecular weight is 316 g/mol. The molecule has 0 aromatic heterocycles. The van der Waals surface area contributed by atoms with Crippen molar-refractivity contribution >= 4 is 21.8 Å². The lowest BCUT2D eigenvalue weighted by atomic mass is 10.1. The van der Waals surface area contributed by atoms with Crippen molar-refractivity contribution in [1.29, 1.82) is 0 Å². The Labute approximate surface area is 114 Å². The first-order valence-electron chi connectivity index (χ1n) is 5.96. The van der Waals surface area contributed by atoms with Gasteiger partial charge in [-0.2, -0.15) is 0 Å². The van der Waals surface area contributed by atoms with Crippen molar-refractivity contribution in [3.05, 3.63) is 34.1 Å². The zero-order valence-corrected chi connectivity index (χ0v) is 11.7. The van der Waals surface area contributed by atoms with Crippen molar-refractivity contribution in [3.63, 3.8) is 0 Å². The summed E-state index contributed by atoms with van der Waals surface area (Å²) in [6, 6.07) is 4.34. The highest BCUT2D eigenvalue weighted by molar-refractivity contribution is 9.10. The van der Waals surface area contributed by atoms with Gasteiger partial charge in [-0.1, -0.05) is 6.07 Å². The first kappa shape index (κ1) is 13.5. The minimum absolute atomic E-state index is 0.0567. The second-order valence-corrected chi connectivity index (χ2v) is 5.21. The topological polar surface area (TPSA) is 38.3 Å². The number of carbonyl (C=O) groups excluding carboxylic acids is 1. The van der Waals surface area contributed by atoms with Crippen LogP contribution in [0.25, 0.3) is 0 Å². The molecule has 0 aliphatic carbocycles. The smallest absolute Gasteiger partial charge is 0.252 e. The lowest BCUT2D eigenvalue weighted by molar-refractivity contribution is 0.0711. The van der Waals surface area contributed by atoms with Gasteiger partial charge in [-0.3, -0.25) is 4.79 Å². The van der Waals surface area contributed by atoms with E-state index in [4.69, 9.17) is 4.74 Å². The minimum atomic E-state index is -0.438. The molecule has 1 aliphatic rings. The third kappa shape index (κ3) is 2.90. The molecule has 1 heterocycles. The second-order valence-electron chi connectivity index (χ2n) is 4.41. The maximum absolute atomic E-state index is 13.3. The summed E-state index contributed by atoms with van der Waals surface area (Å²) >= 11 is 3.09. The fraction of sp³-hybridized carbons (Fsp3) is 0.462. The molecule has 2 unspecified atom stereocenters. The lowest BCUT2D eigenvalue weighted by Gasteiger charge is -2.20. The van der Waals surface area contributed by atoms with Gasteiger partial charge in [0.05, 0.1) is 22.2 Å². The molecule has 18 heavy (non-hydrogen) atoms. The molecule has 3 nitrogen and oxygen atoms in total. The molecule has 0 bridgehead atoms. The number of halogens is 2. The van der Waals surface area contributed by atoms with Crippen molar-refractivity contribution in [2.75, 3.05) is 6.61 Å². The number of nitrogens with one attached hydrogen (secondary N) is 1. The van der Waals surface area contributed by atoms with Crippen LogP contribution in [0.1, 0.15) is 30.1 Å². The van der Waals surface area contributed by atoms with Gasteiger partial charge < -0.3 is 10.1 Å². The van der Waals surface area contributed by atoms with Crippen LogP contribution in [-0.4, -0.2) is 24.7 Å². The molecule has 0 saturated carbocycles. The lowest BCUT2D eigenvalue weighted by Crippen LogP contribution is -2.41. The largest absolute Gasteiger partial charge is 0.376 e. The van der Waals surface area contributed by atoms with E-state index in [2.05, 4.69) is 21.2 Å². The third-order valence-electron chi connectivity index (χ3n) is 3.08. The van der Waals surface area contributed by atoms with Gasteiger partial charge in [0.2, 0.25) is 0 Å².